The molecule has 2 aliphatic rings. The Morgan fingerprint density at radius 1 is 1.29 bits per heavy atom. The summed E-state index contributed by atoms with van der Waals surface area (Å²) in [7, 11) is 0. The van der Waals surface area contributed by atoms with Gasteiger partial charge < -0.3 is 14.7 Å². The molecule has 2 N–H and O–H groups in total. The van der Waals surface area contributed by atoms with Gasteiger partial charge in [-0.25, -0.2) is 9.78 Å². The third kappa shape index (κ3) is 5.31. The summed E-state index contributed by atoms with van der Waals surface area (Å²) in [4.78, 5) is 35.1. The molecule has 0 atom stereocenters. The molecule has 2 amide bonds. The number of carbonyl (C=O) groups excluding carboxylic acids is 2. The molecule has 13 heteroatoms. The van der Waals surface area contributed by atoms with E-state index < -0.39 is 23.3 Å². The molecule has 3 aromatic rings. The molecule has 13 nitrogen and oxygen atoms in total. The van der Waals surface area contributed by atoms with Crippen molar-refractivity contribution < 1.29 is 19.4 Å². The molecule has 0 radical (unpaired) electrons. The first-order valence-electron chi connectivity index (χ1n) is 12.7. The summed E-state index contributed by atoms with van der Waals surface area (Å²) in [6, 6.07) is 3.87. The minimum Gasteiger partial charge on any atom is -0.444 e. The summed E-state index contributed by atoms with van der Waals surface area (Å²) in [5.74, 6) is 0.134. The Morgan fingerprint density at radius 2 is 2.00 bits per heavy atom. The SMILES string of the molecule is CC.CC(C)(C)OC(=O)N1CC(CC#N)(n2cc(-c3nccc4nc(NC(=O)C5CC(O)C5)nn34)cn2)C1. The minimum absolute atomic E-state index is 0.149. The number of aliphatic hydroxyl groups is 1. The van der Waals surface area contributed by atoms with Crippen molar-refractivity contribution in [1.29, 1.82) is 5.26 Å². The van der Waals surface area contributed by atoms with E-state index >= 15 is 0 Å². The number of anilines is 1. The highest BCUT2D eigenvalue weighted by Gasteiger charge is 2.49. The van der Waals surface area contributed by atoms with Gasteiger partial charge >= 0.3 is 6.09 Å². The van der Waals surface area contributed by atoms with Gasteiger partial charge in [-0.3, -0.25) is 14.8 Å². The third-order valence-electron chi connectivity index (χ3n) is 6.33. The Balaban J connectivity index is 0.00000164. The van der Waals surface area contributed by atoms with Gasteiger partial charge in [-0.2, -0.15) is 19.9 Å². The average molecular weight is 524 g/mol. The van der Waals surface area contributed by atoms with Crippen molar-refractivity contribution in [3.05, 3.63) is 24.7 Å². The van der Waals surface area contributed by atoms with Crippen molar-refractivity contribution in [2.75, 3.05) is 18.4 Å². The maximum absolute atomic E-state index is 12.4. The average Bonchev–Trinajstić information content (AvgIpc) is 3.46. The molecular weight excluding hydrogens is 490 g/mol. The van der Waals surface area contributed by atoms with E-state index in [-0.39, 0.29) is 24.2 Å². The van der Waals surface area contributed by atoms with Crippen LogP contribution >= 0.6 is 0 Å². The Kier molecular flexibility index (Phi) is 7.37. The Morgan fingerprint density at radius 3 is 2.63 bits per heavy atom. The molecule has 1 aliphatic carbocycles. The zero-order valence-corrected chi connectivity index (χ0v) is 22.2. The fourth-order valence-electron chi connectivity index (χ4n) is 4.38. The van der Waals surface area contributed by atoms with Crippen molar-refractivity contribution in [1.82, 2.24) is 34.3 Å². The molecule has 202 valence electrons. The highest BCUT2D eigenvalue weighted by atomic mass is 16.6. The summed E-state index contributed by atoms with van der Waals surface area (Å²) < 4.78 is 8.64. The zero-order chi connectivity index (χ0) is 27.7. The number of rotatable bonds is 5. The first-order valence-corrected chi connectivity index (χ1v) is 12.7. The number of likely N-dealkylation sites (tertiary alicyclic amines) is 1. The largest absolute Gasteiger partial charge is 0.444 e. The Bertz CT molecular complexity index is 1360. The van der Waals surface area contributed by atoms with Crippen LogP contribution in [-0.2, 0) is 15.1 Å². The monoisotopic (exact) mass is 523 g/mol. The van der Waals surface area contributed by atoms with E-state index in [0.29, 0.717) is 43.0 Å². The molecule has 0 spiro atoms. The van der Waals surface area contributed by atoms with E-state index in [9.17, 15) is 20.0 Å². The molecule has 1 saturated heterocycles. The number of ether oxygens (including phenoxy) is 1. The van der Waals surface area contributed by atoms with Gasteiger partial charge in [0, 0.05) is 24.4 Å². The number of aliphatic hydroxyl groups excluding tert-OH is 1. The molecule has 5 rings (SSSR count). The number of nitrogens with one attached hydrogen (secondary N) is 1. The predicted octanol–water partition coefficient (Wildman–Crippen LogP) is 2.58. The molecule has 1 saturated carbocycles. The van der Waals surface area contributed by atoms with E-state index in [4.69, 9.17) is 4.74 Å². The maximum atomic E-state index is 12.4. The van der Waals surface area contributed by atoms with E-state index in [1.807, 2.05) is 13.8 Å². The van der Waals surface area contributed by atoms with Crippen LogP contribution in [0.15, 0.2) is 24.7 Å². The lowest BCUT2D eigenvalue weighted by Crippen LogP contribution is -2.64. The fraction of sp³-hybridized carbons (Fsp3) is 0.560. The first kappa shape index (κ1) is 27.0. The summed E-state index contributed by atoms with van der Waals surface area (Å²) >= 11 is 0. The van der Waals surface area contributed by atoms with Crippen LogP contribution in [0.3, 0.4) is 0 Å². The van der Waals surface area contributed by atoms with Crippen LogP contribution in [0.1, 0.15) is 53.9 Å². The summed E-state index contributed by atoms with van der Waals surface area (Å²) in [6.07, 6.45) is 5.14. The first-order chi connectivity index (χ1) is 18.1. The van der Waals surface area contributed by atoms with Gasteiger partial charge in [0.1, 0.15) is 11.1 Å². The standard InChI is InChI=1S/C23H27N9O4.C2H6/c1-22(2,3)36-21(35)30-12-23(13-30,5-6-24)31-11-15(10-26-31)18-25-7-4-17-27-20(29-32(17)18)28-19(34)14-8-16(33)9-14;1-2/h4,7,10-11,14,16,33H,5,8-9,12-13H2,1-3H3,(H,28,29,34);1-2H3. The lowest BCUT2D eigenvalue weighted by molar-refractivity contribution is -0.126. The molecule has 0 aromatic carbocycles. The topological polar surface area (TPSA) is 164 Å². The van der Waals surface area contributed by atoms with Gasteiger partial charge in [0.05, 0.1) is 43.4 Å². The number of fused-ring (bicyclic) bond motifs is 1. The Labute approximate surface area is 220 Å². The second kappa shape index (κ2) is 10.4. The van der Waals surface area contributed by atoms with Crippen LogP contribution in [0, 0.1) is 17.2 Å². The molecule has 2 fully saturated rings. The van der Waals surface area contributed by atoms with E-state index in [2.05, 4.69) is 31.6 Å². The lowest BCUT2D eigenvalue weighted by atomic mass is 9.82. The van der Waals surface area contributed by atoms with E-state index in [0.717, 1.165) is 0 Å². The third-order valence-corrected chi connectivity index (χ3v) is 6.33. The van der Waals surface area contributed by atoms with Crippen LogP contribution in [0.5, 0.6) is 0 Å². The van der Waals surface area contributed by atoms with Crippen LogP contribution in [0.2, 0.25) is 0 Å². The summed E-state index contributed by atoms with van der Waals surface area (Å²) in [5, 5.41) is 30.5. The molecule has 0 unspecified atom stereocenters. The lowest BCUT2D eigenvalue weighted by Gasteiger charge is -2.48. The van der Waals surface area contributed by atoms with E-state index in [1.165, 1.54) is 4.52 Å². The molecule has 1 aliphatic heterocycles. The number of nitriles is 1. The summed E-state index contributed by atoms with van der Waals surface area (Å²) in [6.45, 7) is 10.0. The van der Waals surface area contributed by atoms with Gasteiger partial charge in [-0.15, -0.1) is 5.10 Å². The number of amides is 2. The van der Waals surface area contributed by atoms with Crippen molar-refractivity contribution in [3.8, 4) is 17.5 Å². The fourth-order valence-corrected chi connectivity index (χ4v) is 4.38. The highest BCUT2D eigenvalue weighted by molar-refractivity contribution is 5.91. The zero-order valence-electron chi connectivity index (χ0n) is 22.2. The minimum atomic E-state index is -0.674. The molecular formula is C25H33N9O4. The number of hydrogen-bond acceptors (Lipinski definition) is 9. The van der Waals surface area contributed by atoms with Crippen molar-refractivity contribution in [2.45, 2.75) is 71.1 Å². The van der Waals surface area contributed by atoms with Crippen LogP contribution < -0.4 is 5.32 Å². The second-order valence-corrected chi connectivity index (χ2v) is 10.4. The second-order valence-electron chi connectivity index (χ2n) is 10.4. The van der Waals surface area contributed by atoms with Gasteiger partial charge in [-0.1, -0.05) is 13.8 Å². The molecule has 38 heavy (non-hydrogen) atoms. The molecule has 0 bridgehead atoms. The van der Waals surface area contributed by atoms with Crippen LogP contribution in [0.25, 0.3) is 17.0 Å². The highest BCUT2D eigenvalue weighted by Crippen LogP contribution is 2.34. The van der Waals surface area contributed by atoms with Gasteiger partial charge in [-0.05, 0) is 33.6 Å². The quantitative estimate of drug-likeness (QED) is 0.511. The van der Waals surface area contributed by atoms with Gasteiger partial charge in [0.2, 0.25) is 11.9 Å². The van der Waals surface area contributed by atoms with Crippen LogP contribution in [0.4, 0.5) is 10.7 Å². The normalized spacial score (nSPS) is 19.9. The van der Waals surface area contributed by atoms with Crippen LogP contribution in [-0.4, -0.2) is 76.2 Å². The summed E-state index contributed by atoms with van der Waals surface area (Å²) in [5.41, 5.74) is -0.155. The molecule has 4 heterocycles. The van der Waals surface area contributed by atoms with E-state index in [1.54, 1.807) is 55.0 Å². The number of aromatic nitrogens is 6. The molecule has 3 aromatic heterocycles. The number of carbonyl (C=O) groups is 2. The number of hydrogen-bond donors (Lipinski definition) is 2. The van der Waals surface area contributed by atoms with Gasteiger partial charge in [0.15, 0.2) is 11.5 Å². The van der Waals surface area contributed by atoms with Crippen molar-refractivity contribution in [2.24, 2.45) is 5.92 Å². The smallest absolute Gasteiger partial charge is 0.410 e. The number of nitrogens with zero attached hydrogens (tertiary/aromatic N) is 8. The van der Waals surface area contributed by atoms with Crippen molar-refractivity contribution >= 4 is 23.6 Å². The predicted molar refractivity (Wildman–Crippen MR) is 137 cm³/mol. The van der Waals surface area contributed by atoms with Gasteiger partial charge in [0.25, 0.3) is 0 Å². The maximum Gasteiger partial charge on any atom is 0.410 e. The van der Waals surface area contributed by atoms with Crippen molar-refractivity contribution in [3.63, 3.8) is 0 Å². The Hall–Kier alpha value is -4.05.